The van der Waals surface area contributed by atoms with E-state index in [1.54, 1.807) is 0 Å². The van der Waals surface area contributed by atoms with Gasteiger partial charge in [0.1, 0.15) is 29.0 Å². The summed E-state index contributed by atoms with van der Waals surface area (Å²) >= 11 is 0. The number of aromatic amines is 2. The number of amides is 6. The van der Waals surface area contributed by atoms with Crippen molar-refractivity contribution in [2.45, 2.75) is 0 Å². The molecule has 2 aromatic heterocycles. The third-order valence-electron chi connectivity index (χ3n) is 4.86. The first kappa shape index (κ1) is 25.2. The number of aromatic nitrogens is 2. The molecule has 0 spiro atoms. The van der Waals surface area contributed by atoms with Crippen molar-refractivity contribution in [1.82, 2.24) is 9.97 Å². The predicted molar refractivity (Wildman–Crippen MR) is 128 cm³/mol. The van der Waals surface area contributed by atoms with Gasteiger partial charge in [-0.1, -0.05) is 0 Å². The number of phenols is 1. The van der Waals surface area contributed by atoms with Gasteiger partial charge in [-0.3, -0.25) is 20.2 Å². The number of anilines is 2. The molecule has 0 aliphatic carbocycles. The molecule has 0 aliphatic rings. The molecule has 2 heterocycles. The molecular formula is C21H21FN8O6. The number of ether oxygens (including phenoxy) is 1. The van der Waals surface area contributed by atoms with Gasteiger partial charge in [0.05, 0.1) is 34.7 Å². The molecule has 2 aromatic carbocycles. The number of urea groups is 2. The van der Waals surface area contributed by atoms with E-state index < -0.39 is 29.7 Å². The number of hydrogen-bond acceptors (Lipinski definition) is 6. The second-order valence-corrected chi connectivity index (χ2v) is 7.19. The zero-order valence-corrected chi connectivity index (χ0v) is 18.6. The van der Waals surface area contributed by atoms with Gasteiger partial charge in [0, 0.05) is 11.5 Å². The molecule has 36 heavy (non-hydrogen) atoms. The van der Waals surface area contributed by atoms with Crippen LogP contribution in [0, 0.1) is 5.82 Å². The predicted octanol–water partition coefficient (Wildman–Crippen LogP) is 1.37. The fourth-order valence-corrected chi connectivity index (χ4v) is 3.53. The van der Waals surface area contributed by atoms with Gasteiger partial charge in [-0.25, -0.2) is 14.0 Å². The molecule has 6 amide bonds. The first-order valence-corrected chi connectivity index (χ1v) is 9.89. The van der Waals surface area contributed by atoms with Crippen LogP contribution in [-0.2, 0) is 0 Å². The van der Waals surface area contributed by atoms with Crippen LogP contribution in [0.25, 0.3) is 21.8 Å². The standard InChI is InChI=1S/C11H11FN4O3.C10H10N4O3/c1-19-5-3-2-4(12)6-7(9(13)17)10(15-8(5)6)16-11(14)18;11-8(16)7-5-2-1-4(15)3-6(5)13-9(7)14-10(12)17/h2-3,15H,1H3,(H2,13,17)(H3,14,16,18);1-3,13,15H,(H2,11,16)(H3,12,14,17). The molecule has 0 unspecified atom stereocenters. The average molecular weight is 500 g/mol. The number of methoxy groups -OCH3 is 1. The Morgan fingerprint density at radius 1 is 0.889 bits per heavy atom. The summed E-state index contributed by atoms with van der Waals surface area (Å²) in [4.78, 5) is 49.8. The van der Waals surface area contributed by atoms with Crippen molar-refractivity contribution in [2.75, 3.05) is 17.7 Å². The lowest BCUT2D eigenvalue weighted by Crippen LogP contribution is -2.22. The fraction of sp³-hybridized carbons (Fsp3) is 0.0476. The van der Waals surface area contributed by atoms with Crippen LogP contribution >= 0.6 is 0 Å². The Bertz CT molecular complexity index is 1530. The third kappa shape index (κ3) is 4.89. The van der Waals surface area contributed by atoms with Crippen molar-refractivity contribution in [1.29, 1.82) is 0 Å². The Morgan fingerprint density at radius 3 is 2.00 bits per heavy atom. The second-order valence-electron chi connectivity index (χ2n) is 7.19. The number of carbonyl (C=O) groups is 4. The Hall–Kier alpha value is -5.47. The lowest BCUT2D eigenvalue weighted by Gasteiger charge is -2.02. The highest BCUT2D eigenvalue weighted by Crippen LogP contribution is 2.34. The van der Waals surface area contributed by atoms with Crippen LogP contribution in [-0.4, -0.2) is 46.1 Å². The number of nitrogens with one attached hydrogen (secondary N) is 4. The van der Waals surface area contributed by atoms with E-state index in [1.807, 2.05) is 0 Å². The molecule has 0 fully saturated rings. The van der Waals surface area contributed by atoms with Gasteiger partial charge in [-0.15, -0.1) is 0 Å². The molecule has 188 valence electrons. The fourth-order valence-electron chi connectivity index (χ4n) is 3.53. The zero-order chi connectivity index (χ0) is 26.7. The summed E-state index contributed by atoms with van der Waals surface area (Å²) < 4.78 is 18.9. The van der Waals surface area contributed by atoms with Crippen LogP contribution in [0.5, 0.6) is 11.5 Å². The minimum atomic E-state index is -0.909. The highest BCUT2D eigenvalue weighted by Gasteiger charge is 2.22. The lowest BCUT2D eigenvalue weighted by molar-refractivity contribution is 0.0994. The van der Waals surface area contributed by atoms with E-state index in [-0.39, 0.29) is 39.4 Å². The van der Waals surface area contributed by atoms with Gasteiger partial charge in [-0.05, 0) is 24.3 Å². The molecule has 0 atom stereocenters. The summed E-state index contributed by atoms with van der Waals surface area (Å²) in [6, 6.07) is 5.14. The lowest BCUT2D eigenvalue weighted by atomic mass is 10.1. The number of halogens is 1. The summed E-state index contributed by atoms with van der Waals surface area (Å²) in [7, 11) is 1.39. The number of nitrogens with two attached hydrogens (primary N) is 4. The first-order chi connectivity index (χ1) is 16.9. The average Bonchev–Trinajstić information content (AvgIpc) is 3.31. The second kappa shape index (κ2) is 9.80. The first-order valence-electron chi connectivity index (χ1n) is 9.89. The van der Waals surface area contributed by atoms with E-state index >= 15 is 0 Å². The highest BCUT2D eigenvalue weighted by molar-refractivity contribution is 6.14. The number of phenolic OH excluding ortho intramolecular Hbond substituents is 1. The van der Waals surface area contributed by atoms with Crippen molar-refractivity contribution in [3.63, 3.8) is 0 Å². The number of aromatic hydroxyl groups is 1. The summed E-state index contributed by atoms with van der Waals surface area (Å²) in [5.74, 6) is -1.90. The van der Waals surface area contributed by atoms with E-state index in [0.717, 1.165) is 6.07 Å². The van der Waals surface area contributed by atoms with Crippen LogP contribution in [0.3, 0.4) is 0 Å². The minimum absolute atomic E-state index is 0.0281. The summed E-state index contributed by atoms with van der Waals surface area (Å²) in [6.45, 7) is 0. The quantitative estimate of drug-likeness (QED) is 0.195. The van der Waals surface area contributed by atoms with Gasteiger partial charge < -0.3 is 42.7 Å². The smallest absolute Gasteiger partial charge is 0.317 e. The maximum atomic E-state index is 13.8. The monoisotopic (exact) mass is 500 g/mol. The Balaban J connectivity index is 0.000000202. The van der Waals surface area contributed by atoms with Gasteiger partial charge >= 0.3 is 12.1 Å². The van der Waals surface area contributed by atoms with E-state index in [0.29, 0.717) is 16.7 Å². The highest BCUT2D eigenvalue weighted by atomic mass is 19.1. The molecule has 0 aliphatic heterocycles. The van der Waals surface area contributed by atoms with Crippen molar-refractivity contribution >= 4 is 57.3 Å². The Labute approximate surface area is 200 Å². The van der Waals surface area contributed by atoms with E-state index in [4.69, 9.17) is 27.7 Å². The maximum absolute atomic E-state index is 13.8. The molecular weight excluding hydrogens is 479 g/mol. The number of rotatable bonds is 5. The van der Waals surface area contributed by atoms with Gasteiger partial charge in [-0.2, -0.15) is 0 Å². The normalized spacial score (nSPS) is 10.4. The van der Waals surface area contributed by atoms with Crippen molar-refractivity contribution < 1.29 is 33.4 Å². The number of carbonyl (C=O) groups excluding carboxylic acids is 4. The van der Waals surface area contributed by atoms with Crippen LogP contribution in [0.2, 0.25) is 0 Å². The van der Waals surface area contributed by atoms with Crippen LogP contribution < -0.4 is 38.3 Å². The third-order valence-corrected chi connectivity index (χ3v) is 4.86. The Morgan fingerprint density at radius 2 is 1.47 bits per heavy atom. The maximum Gasteiger partial charge on any atom is 0.317 e. The Kier molecular flexibility index (Phi) is 6.85. The summed E-state index contributed by atoms with van der Waals surface area (Å²) in [5.41, 5.74) is 21.0. The van der Waals surface area contributed by atoms with Crippen LogP contribution in [0.1, 0.15) is 20.7 Å². The summed E-state index contributed by atoms with van der Waals surface area (Å²) in [5, 5.41) is 14.2. The molecule has 0 saturated heterocycles. The SMILES string of the molecule is COc1ccc(F)c2c(C(N)=O)c(NC(N)=O)[nH]c12.NC(=O)Nc1[nH]c2cc(O)ccc2c1C(N)=O. The summed E-state index contributed by atoms with van der Waals surface area (Å²) in [6.07, 6.45) is 0. The number of benzene rings is 2. The van der Waals surface area contributed by atoms with Crippen LogP contribution in [0.4, 0.5) is 25.6 Å². The van der Waals surface area contributed by atoms with E-state index in [1.165, 1.54) is 31.4 Å². The van der Waals surface area contributed by atoms with E-state index in [9.17, 15) is 28.7 Å². The molecule has 4 aromatic rings. The molecule has 13 N–H and O–H groups in total. The topological polar surface area (TPSA) is 257 Å². The molecule has 14 nitrogen and oxygen atoms in total. The molecule has 0 radical (unpaired) electrons. The zero-order valence-electron chi connectivity index (χ0n) is 18.6. The minimum Gasteiger partial charge on any atom is -0.508 e. The number of primary amides is 4. The number of H-pyrrole nitrogens is 2. The van der Waals surface area contributed by atoms with Crippen LogP contribution in [0.15, 0.2) is 30.3 Å². The van der Waals surface area contributed by atoms with Crippen molar-refractivity contribution in [3.8, 4) is 11.5 Å². The van der Waals surface area contributed by atoms with Crippen molar-refractivity contribution in [3.05, 3.63) is 47.3 Å². The van der Waals surface area contributed by atoms with Crippen molar-refractivity contribution in [2.24, 2.45) is 22.9 Å². The molecule has 0 saturated carbocycles. The molecule has 4 rings (SSSR count). The van der Waals surface area contributed by atoms with Gasteiger partial charge in [0.25, 0.3) is 11.8 Å². The molecule has 0 bridgehead atoms. The van der Waals surface area contributed by atoms with Gasteiger partial charge in [0.15, 0.2) is 0 Å². The van der Waals surface area contributed by atoms with E-state index in [2.05, 4.69) is 20.6 Å². The largest absolute Gasteiger partial charge is 0.508 e. The number of hydrogen-bond donors (Lipinski definition) is 9. The number of fused-ring (bicyclic) bond motifs is 2. The van der Waals surface area contributed by atoms with Gasteiger partial charge in [0.2, 0.25) is 0 Å². The molecule has 15 heteroatoms.